The van der Waals surface area contributed by atoms with E-state index in [1.54, 1.807) is 0 Å². The molecule has 1 saturated heterocycles. The van der Waals surface area contributed by atoms with E-state index in [1.807, 2.05) is 30.5 Å². The van der Waals surface area contributed by atoms with Crippen LogP contribution < -0.4 is 15.5 Å². The molecule has 2 N–H and O–H groups in total. The van der Waals surface area contributed by atoms with Crippen molar-refractivity contribution in [3.63, 3.8) is 0 Å². The van der Waals surface area contributed by atoms with Crippen LogP contribution in [0.4, 0.5) is 5.00 Å². The third-order valence-electron chi connectivity index (χ3n) is 5.76. The Balaban J connectivity index is 0.00000225. The van der Waals surface area contributed by atoms with Crippen LogP contribution in [0.15, 0.2) is 46.8 Å². The van der Waals surface area contributed by atoms with Crippen molar-refractivity contribution >= 4 is 57.9 Å². The molecule has 1 aromatic carbocycles. The quantitative estimate of drug-likeness (QED) is 0.329. The first kappa shape index (κ1) is 21.7. The maximum absolute atomic E-state index is 6.19. The smallest absolute Gasteiger partial charge is 0.191 e. The van der Waals surface area contributed by atoms with E-state index in [0.717, 1.165) is 43.5 Å². The van der Waals surface area contributed by atoms with E-state index in [-0.39, 0.29) is 29.4 Å². The number of nitrogens with zero attached hydrogens (tertiary/aromatic N) is 2. The summed E-state index contributed by atoms with van der Waals surface area (Å²) in [5.41, 5.74) is 1.55. The number of anilines is 1. The van der Waals surface area contributed by atoms with Crippen LogP contribution in [0.5, 0.6) is 0 Å². The average Bonchev–Trinajstić information content (AvgIpc) is 3.29. The fourth-order valence-corrected chi connectivity index (χ4v) is 4.85. The fraction of sp³-hybridized carbons (Fsp3) is 0.476. The molecule has 152 valence electrons. The van der Waals surface area contributed by atoms with Crippen LogP contribution in [0.3, 0.4) is 0 Å². The molecular weight excluding hydrogens is 503 g/mol. The Morgan fingerprint density at radius 3 is 2.64 bits per heavy atom. The van der Waals surface area contributed by atoms with Crippen LogP contribution in [0, 0.1) is 0 Å². The van der Waals surface area contributed by atoms with Crippen LogP contribution in [-0.4, -0.2) is 38.7 Å². The molecular formula is C21H28ClIN4S. The van der Waals surface area contributed by atoms with Gasteiger partial charge in [0.1, 0.15) is 0 Å². The van der Waals surface area contributed by atoms with Crippen molar-refractivity contribution in [1.82, 2.24) is 10.6 Å². The highest BCUT2D eigenvalue weighted by molar-refractivity contribution is 14.0. The third-order valence-corrected chi connectivity index (χ3v) is 6.93. The zero-order valence-corrected chi connectivity index (χ0v) is 20.1. The number of benzene rings is 1. The molecule has 0 radical (unpaired) electrons. The summed E-state index contributed by atoms with van der Waals surface area (Å²) in [6, 6.07) is 13.1. The standard InChI is InChI=1S/C21H27ClN4S.HI/c1-23-20(24-15-21(9-10-21)16-4-2-5-17(22)14-16)25-18-7-11-26(12-8-18)19-6-3-13-27-19;/h2-6,13-14,18H,7-12,15H2,1H3,(H2,23,24,25);1H. The van der Waals surface area contributed by atoms with Gasteiger partial charge in [-0.1, -0.05) is 23.7 Å². The van der Waals surface area contributed by atoms with Crippen LogP contribution in [0.2, 0.25) is 5.02 Å². The molecule has 0 bridgehead atoms. The molecule has 1 aliphatic carbocycles. The number of halogens is 2. The first-order valence-electron chi connectivity index (χ1n) is 9.70. The summed E-state index contributed by atoms with van der Waals surface area (Å²) in [6.45, 7) is 3.10. The lowest BCUT2D eigenvalue weighted by Gasteiger charge is -2.33. The molecule has 1 aromatic heterocycles. The van der Waals surface area contributed by atoms with Crippen LogP contribution in [-0.2, 0) is 5.41 Å². The van der Waals surface area contributed by atoms with Gasteiger partial charge in [-0.15, -0.1) is 35.3 Å². The molecule has 2 aromatic rings. The first-order chi connectivity index (χ1) is 13.2. The lowest BCUT2D eigenvalue weighted by Crippen LogP contribution is -2.49. The molecule has 4 nitrogen and oxygen atoms in total. The number of nitrogens with one attached hydrogen (secondary N) is 2. The number of guanidine groups is 1. The van der Waals surface area contributed by atoms with Crippen molar-refractivity contribution in [1.29, 1.82) is 0 Å². The Morgan fingerprint density at radius 2 is 2.04 bits per heavy atom. The fourth-order valence-electron chi connectivity index (χ4n) is 3.87. The van der Waals surface area contributed by atoms with Crippen molar-refractivity contribution in [3.05, 3.63) is 52.4 Å². The van der Waals surface area contributed by atoms with Crippen LogP contribution in [0.1, 0.15) is 31.2 Å². The molecule has 2 heterocycles. The normalized spacial score (nSPS) is 19.1. The van der Waals surface area contributed by atoms with Gasteiger partial charge in [-0.2, -0.15) is 0 Å². The lowest BCUT2D eigenvalue weighted by molar-refractivity contribution is 0.461. The Bertz CT molecular complexity index is 783. The number of piperidine rings is 1. The highest BCUT2D eigenvalue weighted by Gasteiger charge is 2.44. The summed E-state index contributed by atoms with van der Waals surface area (Å²) in [4.78, 5) is 6.93. The van der Waals surface area contributed by atoms with Crippen LogP contribution in [0.25, 0.3) is 0 Å². The molecule has 2 aliphatic rings. The monoisotopic (exact) mass is 530 g/mol. The molecule has 4 rings (SSSR count). The first-order valence-corrected chi connectivity index (χ1v) is 11.0. The Labute approximate surface area is 193 Å². The predicted molar refractivity (Wildman–Crippen MR) is 132 cm³/mol. The summed E-state index contributed by atoms with van der Waals surface area (Å²) in [6.07, 6.45) is 4.68. The molecule has 7 heteroatoms. The van der Waals surface area contributed by atoms with Gasteiger partial charge in [-0.25, -0.2) is 0 Å². The van der Waals surface area contributed by atoms with E-state index in [2.05, 4.69) is 50.2 Å². The zero-order valence-electron chi connectivity index (χ0n) is 16.2. The number of hydrogen-bond donors (Lipinski definition) is 2. The second kappa shape index (κ2) is 9.67. The summed E-state index contributed by atoms with van der Waals surface area (Å²) in [5.74, 6) is 0.915. The van der Waals surface area contributed by atoms with E-state index in [9.17, 15) is 0 Å². The van der Waals surface area contributed by atoms with Gasteiger partial charge in [0.05, 0.1) is 5.00 Å². The average molecular weight is 531 g/mol. The Morgan fingerprint density at radius 1 is 1.25 bits per heavy atom. The van der Waals surface area contributed by atoms with Crippen LogP contribution >= 0.6 is 46.9 Å². The highest BCUT2D eigenvalue weighted by Crippen LogP contribution is 2.48. The van der Waals surface area contributed by atoms with E-state index in [1.165, 1.54) is 23.4 Å². The van der Waals surface area contributed by atoms with Gasteiger partial charge in [-0.05, 0) is 60.9 Å². The number of thiophene rings is 1. The lowest BCUT2D eigenvalue weighted by atomic mass is 9.96. The van der Waals surface area contributed by atoms with Crippen molar-refractivity contribution in [3.8, 4) is 0 Å². The Kier molecular flexibility index (Phi) is 7.50. The summed E-state index contributed by atoms with van der Waals surface area (Å²) in [5, 5.41) is 11.5. The number of hydrogen-bond acceptors (Lipinski definition) is 3. The van der Waals surface area contributed by atoms with E-state index < -0.39 is 0 Å². The van der Waals surface area contributed by atoms with Crippen molar-refractivity contribution in [2.75, 3.05) is 31.6 Å². The Hall–Kier alpha value is -0.990. The number of aliphatic imine (C=N–C) groups is 1. The topological polar surface area (TPSA) is 39.7 Å². The van der Waals surface area contributed by atoms with Crippen molar-refractivity contribution in [2.24, 2.45) is 4.99 Å². The second-order valence-electron chi connectivity index (χ2n) is 7.57. The minimum Gasteiger partial charge on any atom is -0.363 e. The van der Waals surface area contributed by atoms with Gasteiger partial charge in [-0.3, -0.25) is 4.99 Å². The predicted octanol–water partition coefficient (Wildman–Crippen LogP) is 4.89. The van der Waals surface area contributed by atoms with Gasteiger partial charge in [0.2, 0.25) is 0 Å². The molecule has 2 fully saturated rings. The maximum Gasteiger partial charge on any atom is 0.191 e. The van der Waals surface area contributed by atoms with Gasteiger partial charge < -0.3 is 15.5 Å². The molecule has 0 amide bonds. The zero-order chi connectivity index (χ0) is 18.7. The van der Waals surface area contributed by atoms with E-state index in [4.69, 9.17) is 11.6 Å². The third kappa shape index (κ3) is 5.13. The van der Waals surface area contributed by atoms with Crippen molar-refractivity contribution < 1.29 is 0 Å². The van der Waals surface area contributed by atoms with Gasteiger partial charge in [0, 0.05) is 43.2 Å². The molecule has 1 aliphatic heterocycles. The summed E-state index contributed by atoms with van der Waals surface area (Å²) in [7, 11) is 1.86. The second-order valence-corrected chi connectivity index (χ2v) is 8.94. The molecule has 1 saturated carbocycles. The largest absolute Gasteiger partial charge is 0.363 e. The molecule has 28 heavy (non-hydrogen) atoms. The maximum atomic E-state index is 6.19. The molecule has 0 atom stereocenters. The van der Waals surface area contributed by atoms with Crippen molar-refractivity contribution in [2.45, 2.75) is 37.1 Å². The molecule has 0 spiro atoms. The number of rotatable bonds is 5. The van der Waals surface area contributed by atoms with E-state index >= 15 is 0 Å². The minimum absolute atomic E-state index is 0. The minimum atomic E-state index is 0. The molecule has 0 unspecified atom stereocenters. The SMILES string of the molecule is CN=C(NCC1(c2cccc(Cl)c2)CC1)NC1CCN(c2cccs2)CC1.I. The van der Waals surface area contributed by atoms with E-state index in [0.29, 0.717) is 6.04 Å². The van der Waals surface area contributed by atoms with Gasteiger partial charge in [0.25, 0.3) is 0 Å². The summed E-state index contributed by atoms with van der Waals surface area (Å²) < 4.78 is 0. The van der Waals surface area contributed by atoms with Gasteiger partial charge >= 0.3 is 0 Å². The van der Waals surface area contributed by atoms with Gasteiger partial charge in [0.15, 0.2) is 5.96 Å². The highest BCUT2D eigenvalue weighted by atomic mass is 127. The summed E-state index contributed by atoms with van der Waals surface area (Å²) >= 11 is 8.01.